The average molecular weight is 323 g/mol. The third kappa shape index (κ3) is 4.28. The highest BCUT2D eigenvalue weighted by atomic mass is 35.5. The van der Waals surface area contributed by atoms with Crippen molar-refractivity contribution < 1.29 is 14.0 Å². The van der Waals surface area contributed by atoms with Gasteiger partial charge in [0.05, 0.1) is 17.8 Å². The monoisotopic (exact) mass is 322 g/mol. The minimum absolute atomic E-state index is 0.303. The van der Waals surface area contributed by atoms with Gasteiger partial charge in [-0.1, -0.05) is 24.2 Å². The van der Waals surface area contributed by atoms with E-state index >= 15 is 0 Å². The Morgan fingerprint density at radius 2 is 1.68 bits per heavy atom. The summed E-state index contributed by atoms with van der Waals surface area (Å²) in [4.78, 5) is 0. The van der Waals surface area contributed by atoms with E-state index in [4.69, 9.17) is 25.6 Å². The molecule has 22 heavy (non-hydrogen) atoms. The van der Waals surface area contributed by atoms with Gasteiger partial charge in [0.15, 0.2) is 0 Å². The van der Waals surface area contributed by atoms with E-state index in [1.807, 2.05) is 64.0 Å². The third-order valence-electron chi connectivity index (χ3n) is 4.14. The Bertz CT molecular complexity index is 495. The van der Waals surface area contributed by atoms with E-state index < -0.39 is 0 Å². The molecule has 0 bridgehead atoms. The number of hydrogen-bond acceptors (Lipinski definition) is 3. The Hall–Kier alpha value is -0.965. The first kappa shape index (κ1) is 17.4. The van der Waals surface area contributed by atoms with Crippen LogP contribution in [0.5, 0.6) is 5.75 Å². The van der Waals surface area contributed by atoms with Crippen LogP contribution in [0.15, 0.2) is 30.2 Å². The summed E-state index contributed by atoms with van der Waals surface area (Å²) in [6.45, 7) is 8.84. The maximum absolute atomic E-state index is 5.93. The Balaban J connectivity index is 1.91. The largest absolute Gasteiger partial charge is 0.494 e. The molecule has 1 heterocycles. The first-order valence-electron chi connectivity index (χ1n) is 7.67. The van der Waals surface area contributed by atoms with Gasteiger partial charge in [-0.05, 0) is 51.8 Å². The zero-order valence-electron chi connectivity index (χ0n) is 13.8. The van der Waals surface area contributed by atoms with Crippen molar-refractivity contribution in [1.82, 2.24) is 0 Å². The van der Waals surface area contributed by atoms with Gasteiger partial charge in [-0.15, -0.1) is 11.6 Å². The van der Waals surface area contributed by atoms with Crippen LogP contribution >= 0.6 is 11.6 Å². The topological polar surface area (TPSA) is 27.7 Å². The molecule has 1 saturated heterocycles. The van der Waals surface area contributed by atoms with Crippen molar-refractivity contribution >= 4 is 24.8 Å². The molecule has 1 fully saturated rings. The van der Waals surface area contributed by atoms with Crippen molar-refractivity contribution in [3.63, 3.8) is 0 Å². The molecule has 0 saturated carbocycles. The van der Waals surface area contributed by atoms with Crippen LogP contribution in [-0.2, 0) is 9.31 Å². The molecule has 0 amide bonds. The number of hydrogen-bond donors (Lipinski definition) is 0. The summed E-state index contributed by atoms with van der Waals surface area (Å²) in [7, 11) is -0.315. The van der Waals surface area contributed by atoms with Crippen molar-refractivity contribution in [1.29, 1.82) is 0 Å². The van der Waals surface area contributed by atoms with Gasteiger partial charge in [-0.3, -0.25) is 0 Å². The second kappa shape index (κ2) is 7.07. The van der Waals surface area contributed by atoms with E-state index in [0.717, 1.165) is 17.7 Å². The van der Waals surface area contributed by atoms with E-state index in [0.29, 0.717) is 12.5 Å². The predicted molar refractivity (Wildman–Crippen MR) is 92.4 cm³/mol. The second-order valence-corrected chi connectivity index (χ2v) is 6.82. The van der Waals surface area contributed by atoms with Crippen molar-refractivity contribution in [2.24, 2.45) is 0 Å². The maximum atomic E-state index is 5.93. The molecule has 0 aliphatic carbocycles. The lowest BCUT2D eigenvalue weighted by Crippen LogP contribution is -2.41. The highest BCUT2D eigenvalue weighted by Gasteiger charge is 2.49. The number of benzene rings is 1. The molecule has 0 unspecified atom stereocenters. The standard InChI is InChI=1S/C17H24BClO3/c1-16(2)17(3,4)22-18(21-16)11-10-14-6-8-15(9-7-14)20-13-5-12-19/h6-11H,5,12-13H2,1-4H3/b11-10+. The number of halogens is 1. The molecule has 0 N–H and O–H groups in total. The normalized spacial score (nSPS) is 19.8. The van der Waals surface area contributed by atoms with Crippen LogP contribution in [-0.4, -0.2) is 30.8 Å². The third-order valence-corrected chi connectivity index (χ3v) is 4.41. The molecular weight excluding hydrogens is 298 g/mol. The minimum Gasteiger partial charge on any atom is -0.494 e. The molecule has 3 nitrogen and oxygen atoms in total. The first-order chi connectivity index (χ1) is 10.3. The van der Waals surface area contributed by atoms with E-state index in [1.54, 1.807) is 0 Å². The quantitative estimate of drug-likeness (QED) is 0.443. The van der Waals surface area contributed by atoms with Gasteiger partial charge < -0.3 is 14.0 Å². The smallest absolute Gasteiger partial charge is 0.487 e. The molecule has 0 spiro atoms. The number of alkyl halides is 1. The van der Waals surface area contributed by atoms with Crippen LogP contribution in [0.25, 0.3) is 6.08 Å². The van der Waals surface area contributed by atoms with Crippen LogP contribution in [0.4, 0.5) is 0 Å². The minimum atomic E-state index is -0.315. The Morgan fingerprint density at radius 1 is 1.09 bits per heavy atom. The van der Waals surface area contributed by atoms with E-state index in [-0.39, 0.29) is 18.3 Å². The highest BCUT2D eigenvalue weighted by Crippen LogP contribution is 2.37. The summed E-state index contributed by atoms with van der Waals surface area (Å²) in [5.41, 5.74) is 0.476. The maximum Gasteiger partial charge on any atom is 0.487 e. The Morgan fingerprint density at radius 3 is 2.23 bits per heavy atom. The first-order valence-corrected chi connectivity index (χ1v) is 8.20. The van der Waals surface area contributed by atoms with Gasteiger partial charge in [0.2, 0.25) is 0 Å². The summed E-state index contributed by atoms with van der Waals surface area (Å²) >= 11 is 5.62. The fourth-order valence-electron chi connectivity index (χ4n) is 2.08. The summed E-state index contributed by atoms with van der Waals surface area (Å²) < 4.78 is 17.4. The summed E-state index contributed by atoms with van der Waals surface area (Å²) in [5.74, 6) is 3.42. The molecule has 1 aliphatic rings. The van der Waals surface area contributed by atoms with Crippen molar-refractivity contribution in [3.05, 3.63) is 35.8 Å². The SMILES string of the molecule is CC1(C)OB(/C=C/c2ccc(OCCCCl)cc2)OC1(C)C. The van der Waals surface area contributed by atoms with E-state index in [2.05, 4.69) is 0 Å². The molecular formula is C17H24BClO3. The van der Waals surface area contributed by atoms with Gasteiger partial charge in [0, 0.05) is 5.88 Å². The van der Waals surface area contributed by atoms with E-state index in [1.165, 1.54) is 0 Å². The lowest BCUT2D eigenvalue weighted by molar-refractivity contribution is 0.00578. The van der Waals surface area contributed by atoms with Gasteiger partial charge in [-0.2, -0.15) is 0 Å². The van der Waals surface area contributed by atoms with Crippen LogP contribution in [0.1, 0.15) is 39.7 Å². The van der Waals surface area contributed by atoms with Crippen LogP contribution in [0, 0.1) is 0 Å². The zero-order chi connectivity index (χ0) is 16.2. The second-order valence-electron chi connectivity index (χ2n) is 6.44. The molecule has 0 radical (unpaired) electrons. The van der Waals surface area contributed by atoms with Gasteiger partial charge >= 0.3 is 7.12 Å². The Kier molecular flexibility index (Phi) is 5.59. The summed E-state index contributed by atoms with van der Waals surface area (Å²) in [6.07, 6.45) is 2.86. The zero-order valence-corrected chi connectivity index (χ0v) is 14.5. The lowest BCUT2D eigenvalue weighted by Gasteiger charge is -2.32. The fourth-order valence-corrected chi connectivity index (χ4v) is 2.19. The highest BCUT2D eigenvalue weighted by molar-refractivity contribution is 6.52. The van der Waals surface area contributed by atoms with Crippen LogP contribution < -0.4 is 4.74 Å². The van der Waals surface area contributed by atoms with Crippen LogP contribution in [0.2, 0.25) is 0 Å². The molecule has 120 valence electrons. The van der Waals surface area contributed by atoms with Crippen molar-refractivity contribution in [3.8, 4) is 5.75 Å². The molecule has 2 rings (SSSR count). The molecule has 1 aromatic carbocycles. The van der Waals surface area contributed by atoms with E-state index in [9.17, 15) is 0 Å². The van der Waals surface area contributed by atoms with Crippen LogP contribution in [0.3, 0.4) is 0 Å². The van der Waals surface area contributed by atoms with Gasteiger partial charge in [0.25, 0.3) is 0 Å². The fraction of sp³-hybridized carbons (Fsp3) is 0.529. The van der Waals surface area contributed by atoms with Gasteiger partial charge in [-0.25, -0.2) is 0 Å². The van der Waals surface area contributed by atoms with Gasteiger partial charge in [0.1, 0.15) is 5.75 Å². The molecule has 1 aromatic rings. The number of ether oxygens (including phenoxy) is 1. The summed E-state index contributed by atoms with van der Waals surface area (Å²) in [5, 5.41) is 0. The molecule has 5 heteroatoms. The predicted octanol–water partition coefficient (Wildman–Crippen LogP) is 4.34. The van der Waals surface area contributed by atoms with Crippen molar-refractivity contribution in [2.75, 3.05) is 12.5 Å². The van der Waals surface area contributed by atoms with Crippen molar-refractivity contribution in [2.45, 2.75) is 45.3 Å². The molecule has 1 aliphatic heterocycles. The lowest BCUT2D eigenvalue weighted by atomic mass is 9.89. The summed E-state index contributed by atoms with van der Waals surface area (Å²) in [6, 6.07) is 7.94. The molecule has 0 aromatic heterocycles. The Labute approximate surface area is 138 Å². The molecule has 0 atom stereocenters. The number of rotatable bonds is 6. The average Bonchev–Trinajstić information content (AvgIpc) is 2.66.